The van der Waals surface area contributed by atoms with Gasteiger partial charge in [-0.25, -0.2) is 4.98 Å². The van der Waals surface area contributed by atoms with E-state index in [0.717, 1.165) is 59.4 Å². The summed E-state index contributed by atoms with van der Waals surface area (Å²) in [5.41, 5.74) is 9.18. The van der Waals surface area contributed by atoms with Crippen LogP contribution in [0.5, 0.6) is 0 Å². The molecule has 0 amide bonds. The van der Waals surface area contributed by atoms with Crippen molar-refractivity contribution in [3.63, 3.8) is 0 Å². The third-order valence-corrected chi connectivity index (χ3v) is 6.11. The van der Waals surface area contributed by atoms with E-state index in [0.29, 0.717) is 5.89 Å². The minimum atomic E-state index is 0.691. The van der Waals surface area contributed by atoms with E-state index < -0.39 is 0 Å². The molecule has 0 saturated carbocycles. The van der Waals surface area contributed by atoms with Gasteiger partial charge in [0.05, 0.1) is 0 Å². The molecule has 0 aliphatic heterocycles. The summed E-state index contributed by atoms with van der Waals surface area (Å²) in [5.74, 6) is 9.51. The molecule has 4 nitrogen and oxygen atoms in total. The summed E-state index contributed by atoms with van der Waals surface area (Å²) < 4.78 is 6.53. The van der Waals surface area contributed by atoms with Gasteiger partial charge in [0.15, 0.2) is 5.76 Å². The van der Waals surface area contributed by atoms with Gasteiger partial charge in [0.1, 0.15) is 5.69 Å². The molecule has 3 aromatic rings. The van der Waals surface area contributed by atoms with Crippen molar-refractivity contribution in [3.05, 3.63) is 120 Å². The van der Waals surface area contributed by atoms with Gasteiger partial charge in [0.25, 0.3) is 0 Å². The van der Waals surface area contributed by atoms with Crippen LogP contribution in [0.3, 0.4) is 0 Å². The fourth-order valence-electron chi connectivity index (χ4n) is 4.57. The van der Waals surface area contributed by atoms with Crippen LogP contribution in [0.25, 0.3) is 28.2 Å². The first-order valence-corrected chi connectivity index (χ1v) is 12.6. The molecule has 2 aromatic carbocycles. The van der Waals surface area contributed by atoms with Crippen LogP contribution < -0.4 is 11.7 Å². The average molecular weight is 480 g/mol. The number of nitrogens with zero attached hydrogens (tertiary/aromatic N) is 1. The maximum Gasteiger partial charge on any atom is 0.227 e. The van der Waals surface area contributed by atoms with E-state index in [1.807, 2.05) is 50.2 Å². The number of hydrogen-bond donors (Lipinski definition) is 2. The molecule has 0 fully saturated rings. The summed E-state index contributed by atoms with van der Waals surface area (Å²) in [6.07, 6.45) is 13.0. The summed E-state index contributed by atoms with van der Waals surface area (Å²) in [7, 11) is 0. The molecule has 186 valence electrons. The van der Waals surface area contributed by atoms with Crippen LogP contribution in [0.1, 0.15) is 52.3 Å². The largest absolute Gasteiger partial charge is 0.435 e. The average Bonchev–Trinajstić information content (AvgIpc) is 3.42. The lowest BCUT2D eigenvalue weighted by atomic mass is 9.82. The van der Waals surface area contributed by atoms with Crippen molar-refractivity contribution >= 4 is 5.57 Å². The predicted molar refractivity (Wildman–Crippen MR) is 153 cm³/mol. The molecule has 0 saturated heterocycles. The summed E-state index contributed by atoms with van der Waals surface area (Å²) in [5, 5.41) is 0. The third kappa shape index (κ3) is 5.91. The monoisotopic (exact) mass is 479 g/mol. The molecular weight excluding hydrogens is 442 g/mol. The van der Waals surface area contributed by atoms with Gasteiger partial charge in [-0.1, -0.05) is 111 Å². The predicted octanol–water partition coefficient (Wildman–Crippen LogP) is 8.18. The van der Waals surface area contributed by atoms with Crippen molar-refractivity contribution in [3.8, 4) is 22.6 Å². The topological polar surface area (TPSA) is 78.1 Å². The number of hydrazine groups is 1. The lowest BCUT2D eigenvalue weighted by Gasteiger charge is -2.22. The molecule has 2 aliphatic rings. The molecule has 5 rings (SSSR count). The number of hydrogen-bond acceptors (Lipinski definition) is 4. The van der Waals surface area contributed by atoms with Gasteiger partial charge in [-0.15, -0.1) is 0 Å². The second-order valence-electron chi connectivity index (χ2n) is 8.38. The normalized spacial score (nSPS) is 14.6. The van der Waals surface area contributed by atoms with E-state index >= 15 is 0 Å². The van der Waals surface area contributed by atoms with Crippen molar-refractivity contribution in [1.82, 2.24) is 4.98 Å². The molecule has 1 aromatic heterocycles. The Hall–Kier alpha value is -3.73. The number of oxazole rings is 1. The van der Waals surface area contributed by atoms with Crippen LogP contribution >= 0.6 is 0 Å². The van der Waals surface area contributed by atoms with Crippen molar-refractivity contribution in [2.24, 2.45) is 11.7 Å². The van der Waals surface area contributed by atoms with Crippen LogP contribution in [-0.4, -0.2) is 4.98 Å². The summed E-state index contributed by atoms with van der Waals surface area (Å²) in [4.78, 5) is 5.06. The van der Waals surface area contributed by atoms with Crippen molar-refractivity contribution in [2.45, 2.75) is 46.5 Å². The minimum absolute atomic E-state index is 0.691. The van der Waals surface area contributed by atoms with E-state index in [4.69, 9.17) is 9.40 Å². The van der Waals surface area contributed by atoms with Crippen LogP contribution in [-0.2, 0) is 0 Å². The van der Waals surface area contributed by atoms with Crippen LogP contribution in [0, 0.1) is 0 Å². The van der Waals surface area contributed by atoms with Gasteiger partial charge in [-0.2, -0.15) is 0 Å². The second-order valence-corrected chi connectivity index (χ2v) is 8.38. The highest BCUT2D eigenvalue weighted by molar-refractivity contribution is 5.83. The molecule has 4 heteroatoms. The molecule has 0 bridgehead atoms. The van der Waals surface area contributed by atoms with E-state index in [1.165, 1.54) is 16.7 Å². The summed E-state index contributed by atoms with van der Waals surface area (Å²) >= 11 is 0. The Balaban J connectivity index is 0.000000861. The zero-order valence-corrected chi connectivity index (χ0v) is 21.6. The van der Waals surface area contributed by atoms with Gasteiger partial charge in [-0.3, -0.25) is 11.7 Å². The first-order valence-electron chi connectivity index (χ1n) is 12.6. The molecule has 0 atom stereocenters. The number of benzene rings is 2. The van der Waals surface area contributed by atoms with Gasteiger partial charge < -0.3 is 4.42 Å². The molecule has 2 aliphatic carbocycles. The number of rotatable bonds is 5. The summed E-state index contributed by atoms with van der Waals surface area (Å²) in [6, 6.07) is 20.6. The Morgan fingerprint density at radius 3 is 1.97 bits per heavy atom. The minimum Gasteiger partial charge on any atom is -0.435 e. The van der Waals surface area contributed by atoms with Crippen molar-refractivity contribution < 1.29 is 4.42 Å². The SMILES string of the molecule is C=C(C)C1=C(C2=C(c3nc(-c4ccccc4)c(-c4ccccc4)o3)C=CCC2)CCC=C1.CC.NN. The maximum absolute atomic E-state index is 6.53. The number of allylic oxidation sites excluding steroid dienone is 9. The van der Waals surface area contributed by atoms with Gasteiger partial charge in [0, 0.05) is 16.7 Å². The molecule has 0 spiro atoms. The van der Waals surface area contributed by atoms with E-state index in [9.17, 15) is 0 Å². The fraction of sp³-hybridized carbons (Fsp3) is 0.219. The fourth-order valence-corrected chi connectivity index (χ4v) is 4.57. The maximum atomic E-state index is 6.53. The smallest absolute Gasteiger partial charge is 0.227 e. The standard InChI is InChI=1S/C30H27NO.C2H6.H4N2/c1-21(2)24-17-9-10-18-25(24)26-19-11-12-20-27(26)30-31-28(22-13-5-3-6-14-22)29(32-30)23-15-7-4-8-16-23;2*1-2/h3-9,12-17,20H,1,10-11,18-19H2,2H3;1-2H3;1-2H2. The lowest BCUT2D eigenvalue weighted by Crippen LogP contribution is -2.04. The first-order chi connectivity index (χ1) is 17.7. The third-order valence-electron chi connectivity index (χ3n) is 6.11. The Labute approximate surface area is 215 Å². The van der Waals surface area contributed by atoms with E-state index in [-0.39, 0.29) is 0 Å². The zero-order chi connectivity index (χ0) is 25.9. The Kier molecular flexibility index (Phi) is 9.99. The quantitative estimate of drug-likeness (QED) is 0.286. The molecular formula is C32H37N3O. The van der Waals surface area contributed by atoms with Crippen LogP contribution in [0.4, 0.5) is 0 Å². The number of aromatic nitrogens is 1. The lowest BCUT2D eigenvalue weighted by molar-refractivity contribution is 0.556. The molecule has 0 radical (unpaired) electrons. The van der Waals surface area contributed by atoms with Crippen molar-refractivity contribution in [1.29, 1.82) is 0 Å². The Morgan fingerprint density at radius 1 is 0.806 bits per heavy atom. The van der Waals surface area contributed by atoms with Gasteiger partial charge in [0.2, 0.25) is 5.89 Å². The van der Waals surface area contributed by atoms with Crippen molar-refractivity contribution in [2.75, 3.05) is 0 Å². The Morgan fingerprint density at radius 2 is 1.36 bits per heavy atom. The zero-order valence-electron chi connectivity index (χ0n) is 21.6. The highest BCUT2D eigenvalue weighted by Gasteiger charge is 2.24. The highest BCUT2D eigenvalue weighted by Crippen LogP contribution is 2.41. The van der Waals surface area contributed by atoms with E-state index in [1.54, 1.807) is 0 Å². The molecule has 0 unspecified atom stereocenters. The Bertz CT molecular complexity index is 1220. The van der Waals surface area contributed by atoms with Gasteiger partial charge in [-0.05, 0) is 49.3 Å². The molecule has 4 N–H and O–H groups in total. The van der Waals surface area contributed by atoms with E-state index in [2.05, 4.69) is 73.8 Å². The molecule has 36 heavy (non-hydrogen) atoms. The van der Waals surface area contributed by atoms with Gasteiger partial charge >= 0.3 is 0 Å². The second kappa shape index (κ2) is 13.4. The first kappa shape index (κ1) is 26.9. The van der Waals surface area contributed by atoms with Crippen LogP contribution in [0.15, 0.2) is 118 Å². The summed E-state index contributed by atoms with van der Waals surface area (Å²) in [6.45, 7) is 10.3. The molecule has 1 heterocycles. The number of nitrogens with two attached hydrogens (primary N) is 2. The highest BCUT2D eigenvalue weighted by atomic mass is 16.4. The van der Waals surface area contributed by atoms with Crippen LogP contribution in [0.2, 0.25) is 0 Å².